The molecular formula is C25H31N5O3S. The van der Waals surface area contributed by atoms with E-state index in [9.17, 15) is 9.59 Å². The van der Waals surface area contributed by atoms with E-state index in [1.165, 1.54) is 0 Å². The van der Waals surface area contributed by atoms with E-state index in [1.807, 2.05) is 39.8 Å². The van der Waals surface area contributed by atoms with Gasteiger partial charge in [0.05, 0.1) is 26.5 Å². The number of nitrogens with zero attached hydrogens (tertiary/aromatic N) is 3. The first kappa shape index (κ1) is 23.9. The summed E-state index contributed by atoms with van der Waals surface area (Å²) in [6, 6.07) is 8.25. The van der Waals surface area contributed by atoms with Gasteiger partial charge < -0.3 is 20.7 Å². The van der Waals surface area contributed by atoms with Crippen LogP contribution in [0.2, 0.25) is 0 Å². The maximum Gasteiger partial charge on any atom is 0.410 e. The minimum atomic E-state index is -0.519. The number of fused-ring (bicyclic) bond motifs is 1. The molecule has 1 aromatic carbocycles. The number of nitrogens with one attached hydrogen (secondary N) is 1. The Morgan fingerprint density at radius 3 is 2.65 bits per heavy atom. The van der Waals surface area contributed by atoms with Gasteiger partial charge in [-0.1, -0.05) is 6.07 Å². The number of pyridine rings is 1. The Balaban J connectivity index is 1.45. The van der Waals surface area contributed by atoms with Gasteiger partial charge in [0.15, 0.2) is 0 Å². The van der Waals surface area contributed by atoms with Gasteiger partial charge in [-0.25, -0.2) is 9.78 Å². The summed E-state index contributed by atoms with van der Waals surface area (Å²) in [6.07, 6.45) is 3.39. The summed E-state index contributed by atoms with van der Waals surface area (Å²) in [4.78, 5) is 35.1. The van der Waals surface area contributed by atoms with Crippen LogP contribution in [0.5, 0.6) is 0 Å². The summed E-state index contributed by atoms with van der Waals surface area (Å²) in [5, 5.41) is 4.51. The second-order valence-corrected chi connectivity index (χ2v) is 10.9. The summed E-state index contributed by atoms with van der Waals surface area (Å²) in [5.41, 5.74) is 9.13. The number of anilines is 1. The van der Waals surface area contributed by atoms with Crippen molar-refractivity contribution in [3.63, 3.8) is 0 Å². The zero-order valence-corrected chi connectivity index (χ0v) is 20.9. The van der Waals surface area contributed by atoms with E-state index >= 15 is 0 Å². The van der Waals surface area contributed by atoms with Crippen molar-refractivity contribution in [1.82, 2.24) is 14.9 Å². The molecule has 4 rings (SSSR count). The quantitative estimate of drug-likeness (QED) is 0.555. The van der Waals surface area contributed by atoms with Crippen molar-refractivity contribution < 1.29 is 14.3 Å². The van der Waals surface area contributed by atoms with Gasteiger partial charge in [-0.3, -0.25) is 9.78 Å². The van der Waals surface area contributed by atoms with Crippen molar-refractivity contribution in [2.24, 2.45) is 5.73 Å². The molecule has 180 valence electrons. The maximum absolute atomic E-state index is 12.3. The predicted molar refractivity (Wildman–Crippen MR) is 134 cm³/mol. The number of aryl methyl sites for hydroxylation is 1. The lowest BCUT2D eigenvalue weighted by Crippen LogP contribution is -2.44. The minimum Gasteiger partial charge on any atom is -0.444 e. The molecule has 1 aliphatic rings. The van der Waals surface area contributed by atoms with Crippen LogP contribution in [-0.2, 0) is 11.2 Å². The molecule has 34 heavy (non-hydrogen) atoms. The fourth-order valence-corrected chi connectivity index (χ4v) is 4.96. The van der Waals surface area contributed by atoms with Crippen LogP contribution in [0.15, 0.2) is 30.5 Å². The van der Waals surface area contributed by atoms with Crippen molar-refractivity contribution in [2.75, 3.05) is 18.4 Å². The zero-order chi connectivity index (χ0) is 24.5. The van der Waals surface area contributed by atoms with Gasteiger partial charge >= 0.3 is 6.09 Å². The van der Waals surface area contributed by atoms with E-state index in [1.54, 1.807) is 22.4 Å². The van der Waals surface area contributed by atoms with Gasteiger partial charge in [-0.15, -0.1) is 11.3 Å². The van der Waals surface area contributed by atoms with Gasteiger partial charge in [-0.05, 0) is 64.3 Å². The number of amides is 2. The number of likely N-dealkylation sites (tertiary alicyclic amines) is 1. The van der Waals surface area contributed by atoms with Gasteiger partial charge in [0.1, 0.15) is 5.60 Å². The molecule has 0 bridgehead atoms. The summed E-state index contributed by atoms with van der Waals surface area (Å²) >= 11 is 1.67. The third-order valence-corrected chi connectivity index (χ3v) is 6.61. The fraction of sp³-hybridized carbons (Fsp3) is 0.440. The number of ether oxygens (including phenoxy) is 1. The highest BCUT2D eigenvalue weighted by Crippen LogP contribution is 2.26. The second-order valence-electron chi connectivity index (χ2n) is 9.68. The lowest BCUT2D eigenvalue weighted by atomic mass is 10.0. The molecule has 2 aromatic heterocycles. The van der Waals surface area contributed by atoms with Gasteiger partial charge in [-0.2, -0.15) is 0 Å². The smallest absolute Gasteiger partial charge is 0.410 e. The number of rotatable bonds is 5. The van der Waals surface area contributed by atoms with Crippen molar-refractivity contribution in [2.45, 2.75) is 58.6 Å². The maximum atomic E-state index is 12.3. The minimum absolute atomic E-state index is 0.114. The molecule has 0 saturated carbocycles. The molecule has 0 spiro atoms. The third kappa shape index (κ3) is 5.83. The Morgan fingerprint density at radius 2 is 1.97 bits per heavy atom. The first-order valence-corrected chi connectivity index (χ1v) is 12.3. The zero-order valence-electron chi connectivity index (χ0n) is 20.1. The van der Waals surface area contributed by atoms with E-state index < -0.39 is 11.5 Å². The summed E-state index contributed by atoms with van der Waals surface area (Å²) in [6.45, 7) is 8.77. The Morgan fingerprint density at radius 1 is 1.24 bits per heavy atom. The van der Waals surface area contributed by atoms with Gasteiger partial charge in [0, 0.05) is 37.4 Å². The number of piperidine rings is 1. The van der Waals surface area contributed by atoms with E-state index in [0.29, 0.717) is 30.8 Å². The highest BCUT2D eigenvalue weighted by Gasteiger charge is 2.27. The standard InChI is InChI=1S/C25H31N5O3S/c1-15-28-20-6-5-16(12-22(20)34-15)11-18-13-21(19(14-27-18)23(26)31)29-17-7-9-30(10-8-17)24(32)33-25(2,3)4/h5-6,12-14,17H,7-11H2,1-4H3,(H2,26,31)(H,27,29). The fourth-order valence-electron chi connectivity index (χ4n) is 4.07. The molecule has 3 N–H and O–H groups in total. The number of hydrogen-bond acceptors (Lipinski definition) is 7. The van der Waals surface area contributed by atoms with Crippen LogP contribution in [0, 0.1) is 6.92 Å². The van der Waals surface area contributed by atoms with Crippen LogP contribution in [0.4, 0.5) is 10.5 Å². The van der Waals surface area contributed by atoms with Crippen LogP contribution in [0.1, 0.15) is 60.2 Å². The number of primary amides is 1. The van der Waals surface area contributed by atoms with Crippen molar-refractivity contribution >= 4 is 39.2 Å². The van der Waals surface area contributed by atoms with Crippen LogP contribution in [0.25, 0.3) is 10.2 Å². The van der Waals surface area contributed by atoms with E-state index in [0.717, 1.165) is 39.3 Å². The molecule has 9 heteroatoms. The number of carbonyl (C=O) groups is 2. The summed E-state index contributed by atoms with van der Waals surface area (Å²) in [5.74, 6) is -0.519. The Labute approximate surface area is 203 Å². The molecule has 0 unspecified atom stereocenters. The van der Waals surface area contributed by atoms with Gasteiger partial charge in [0.25, 0.3) is 5.91 Å². The first-order chi connectivity index (χ1) is 16.1. The molecule has 3 heterocycles. The number of hydrogen-bond donors (Lipinski definition) is 2. The molecule has 0 atom stereocenters. The Kier molecular flexibility index (Phi) is 6.74. The third-order valence-electron chi connectivity index (χ3n) is 5.68. The molecular weight excluding hydrogens is 450 g/mol. The molecule has 1 aliphatic heterocycles. The lowest BCUT2D eigenvalue weighted by Gasteiger charge is -2.34. The van der Waals surface area contributed by atoms with E-state index in [-0.39, 0.29) is 12.1 Å². The Bertz CT molecular complexity index is 1210. The number of thiazole rings is 1. The Hall–Kier alpha value is -3.20. The normalized spacial score (nSPS) is 14.9. The van der Waals surface area contributed by atoms with Crippen LogP contribution in [0.3, 0.4) is 0 Å². The topological polar surface area (TPSA) is 110 Å². The predicted octanol–water partition coefficient (Wildman–Crippen LogP) is 4.50. The highest BCUT2D eigenvalue weighted by molar-refractivity contribution is 7.18. The van der Waals surface area contributed by atoms with Crippen LogP contribution in [-0.4, -0.2) is 51.6 Å². The molecule has 2 amide bonds. The van der Waals surface area contributed by atoms with Crippen molar-refractivity contribution in [1.29, 1.82) is 0 Å². The number of nitrogens with two attached hydrogens (primary N) is 1. The molecule has 8 nitrogen and oxygen atoms in total. The molecule has 1 fully saturated rings. The SMILES string of the molecule is Cc1nc2ccc(Cc3cc(NC4CCN(C(=O)OC(C)(C)C)CC4)c(C(N)=O)cn3)cc2s1. The highest BCUT2D eigenvalue weighted by atomic mass is 32.1. The van der Waals surface area contributed by atoms with Crippen LogP contribution >= 0.6 is 11.3 Å². The largest absolute Gasteiger partial charge is 0.444 e. The van der Waals surface area contributed by atoms with Crippen LogP contribution < -0.4 is 11.1 Å². The average molecular weight is 482 g/mol. The molecule has 3 aromatic rings. The van der Waals surface area contributed by atoms with Crippen molar-refractivity contribution in [3.8, 4) is 0 Å². The first-order valence-electron chi connectivity index (χ1n) is 11.5. The summed E-state index contributed by atoms with van der Waals surface area (Å²) in [7, 11) is 0. The molecule has 0 radical (unpaired) electrons. The summed E-state index contributed by atoms with van der Waals surface area (Å²) < 4.78 is 6.63. The molecule has 0 aliphatic carbocycles. The monoisotopic (exact) mass is 481 g/mol. The second kappa shape index (κ2) is 9.58. The number of benzene rings is 1. The average Bonchev–Trinajstić information content (AvgIpc) is 3.12. The molecule has 1 saturated heterocycles. The van der Waals surface area contributed by atoms with Crippen molar-refractivity contribution in [3.05, 3.63) is 52.3 Å². The lowest BCUT2D eigenvalue weighted by molar-refractivity contribution is 0.0210. The number of aromatic nitrogens is 2. The van der Waals surface area contributed by atoms with E-state index in [2.05, 4.69) is 27.4 Å². The van der Waals surface area contributed by atoms with Gasteiger partial charge in [0.2, 0.25) is 0 Å². The number of carbonyl (C=O) groups excluding carboxylic acids is 2. The van der Waals surface area contributed by atoms with E-state index in [4.69, 9.17) is 10.5 Å².